The second-order valence-corrected chi connectivity index (χ2v) is 8.67. The molecule has 1 saturated heterocycles. The lowest BCUT2D eigenvalue weighted by atomic mass is 10.0. The Morgan fingerprint density at radius 1 is 1.29 bits per heavy atom. The molecular formula is C26H31FN4O3. The van der Waals surface area contributed by atoms with E-state index in [1.807, 2.05) is 29.2 Å². The van der Waals surface area contributed by atoms with Crippen LogP contribution in [0.15, 0.2) is 48.7 Å². The average molecular weight is 467 g/mol. The molecule has 0 spiro atoms. The summed E-state index contributed by atoms with van der Waals surface area (Å²) in [5.41, 5.74) is 2.37. The lowest BCUT2D eigenvalue weighted by Crippen LogP contribution is -2.47. The number of benzene rings is 2. The van der Waals surface area contributed by atoms with Crippen molar-refractivity contribution in [3.63, 3.8) is 0 Å². The third kappa shape index (κ3) is 5.52. The third-order valence-corrected chi connectivity index (χ3v) is 6.46. The zero-order valence-corrected chi connectivity index (χ0v) is 19.6. The van der Waals surface area contributed by atoms with Crippen molar-refractivity contribution in [1.29, 1.82) is 0 Å². The molecule has 0 bridgehead atoms. The molecule has 1 aliphatic rings. The maximum atomic E-state index is 13.9. The van der Waals surface area contributed by atoms with E-state index in [9.17, 15) is 14.3 Å². The number of halogens is 1. The number of pyridine rings is 1. The number of aromatic nitrogens is 1. The highest BCUT2D eigenvalue weighted by Crippen LogP contribution is 2.28. The standard InChI is InChI=1S/C26H31FN4O3/c1-17-22(27)4-3-5-23(17)30-26(33)16-31(18-8-11-28-12-9-18)15-25(32)20-10-13-29-24-7-6-19(34-2)14-21(20)24/h3-7,10,13-14,18,25,28,32H,8-9,11-12,15-16H2,1-2H3,(H,30,33)/t25-/m0/s1. The maximum Gasteiger partial charge on any atom is 0.238 e. The van der Waals surface area contributed by atoms with Crippen LogP contribution in [-0.4, -0.2) is 60.2 Å². The molecule has 0 aliphatic carbocycles. The first kappa shape index (κ1) is 24.1. The zero-order valence-electron chi connectivity index (χ0n) is 19.6. The molecule has 180 valence electrons. The molecule has 8 heteroatoms. The highest BCUT2D eigenvalue weighted by molar-refractivity contribution is 5.93. The first-order valence-electron chi connectivity index (χ1n) is 11.6. The fourth-order valence-electron chi connectivity index (χ4n) is 4.52. The Bertz CT molecular complexity index is 1150. The number of fused-ring (bicyclic) bond motifs is 1. The summed E-state index contributed by atoms with van der Waals surface area (Å²) in [6, 6.07) is 12.2. The third-order valence-electron chi connectivity index (χ3n) is 6.46. The second kappa shape index (κ2) is 10.9. The number of nitrogens with one attached hydrogen (secondary N) is 2. The minimum atomic E-state index is -0.823. The van der Waals surface area contributed by atoms with Crippen LogP contribution in [0.25, 0.3) is 10.9 Å². The monoisotopic (exact) mass is 466 g/mol. The minimum absolute atomic E-state index is 0.101. The Morgan fingerprint density at radius 3 is 2.85 bits per heavy atom. The molecule has 3 aromatic rings. The molecule has 4 rings (SSSR count). The van der Waals surface area contributed by atoms with Crippen LogP contribution < -0.4 is 15.4 Å². The molecule has 0 radical (unpaired) electrons. The van der Waals surface area contributed by atoms with Gasteiger partial charge in [0, 0.05) is 35.4 Å². The molecule has 1 aromatic heterocycles. The number of piperidine rings is 1. The summed E-state index contributed by atoms with van der Waals surface area (Å²) in [6.45, 7) is 3.75. The van der Waals surface area contributed by atoms with Crippen molar-refractivity contribution < 1.29 is 19.0 Å². The van der Waals surface area contributed by atoms with Crippen molar-refractivity contribution in [3.8, 4) is 5.75 Å². The van der Waals surface area contributed by atoms with Gasteiger partial charge in [-0.2, -0.15) is 0 Å². The van der Waals surface area contributed by atoms with Crippen LogP contribution in [0.3, 0.4) is 0 Å². The summed E-state index contributed by atoms with van der Waals surface area (Å²) in [5, 5.41) is 18.3. The highest BCUT2D eigenvalue weighted by Gasteiger charge is 2.26. The van der Waals surface area contributed by atoms with Gasteiger partial charge in [-0.3, -0.25) is 14.7 Å². The summed E-state index contributed by atoms with van der Waals surface area (Å²) in [5.74, 6) is 0.0955. The minimum Gasteiger partial charge on any atom is -0.497 e. The molecule has 1 amide bonds. The molecule has 7 nitrogen and oxygen atoms in total. The van der Waals surface area contributed by atoms with Gasteiger partial charge in [0.05, 0.1) is 25.3 Å². The van der Waals surface area contributed by atoms with Crippen LogP contribution >= 0.6 is 0 Å². The predicted octanol–water partition coefficient (Wildman–Crippen LogP) is 3.42. The number of amides is 1. The average Bonchev–Trinajstić information content (AvgIpc) is 2.86. The SMILES string of the molecule is COc1ccc2nccc([C@@H](O)CN(CC(=O)Nc3cccc(F)c3C)C3CCNCC3)c2c1. The van der Waals surface area contributed by atoms with E-state index in [0.717, 1.165) is 42.4 Å². The Hall–Kier alpha value is -3.07. The van der Waals surface area contributed by atoms with Crippen molar-refractivity contribution in [2.45, 2.75) is 31.9 Å². The Morgan fingerprint density at radius 2 is 2.09 bits per heavy atom. The Labute approximate surface area is 198 Å². The van der Waals surface area contributed by atoms with Gasteiger partial charge >= 0.3 is 0 Å². The van der Waals surface area contributed by atoms with Gasteiger partial charge in [0.25, 0.3) is 0 Å². The van der Waals surface area contributed by atoms with E-state index in [0.29, 0.717) is 17.0 Å². The number of methoxy groups -OCH3 is 1. The number of carbonyl (C=O) groups excluding carboxylic acids is 1. The largest absolute Gasteiger partial charge is 0.497 e. The van der Waals surface area contributed by atoms with Crippen molar-refractivity contribution in [2.75, 3.05) is 38.6 Å². The number of rotatable bonds is 8. The highest BCUT2D eigenvalue weighted by atomic mass is 19.1. The van der Waals surface area contributed by atoms with E-state index in [1.165, 1.54) is 6.07 Å². The van der Waals surface area contributed by atoms with E-state index < -0.39 is 6.10 Å². The van der Waals surface area contributed by atoms with E-state index in [1.54, 1.807) is 32.4 Å². The first-order chi connectivity index (χ1) is 16.5. The smallest absolute Gasteiger partial charge is 0.238 e. The summed E-state index contributed by atoms with van der Waals surface area (Å²) < 4.78 is 19.3. The number of anilines is 1. The van der Waals surface area contributed by atoms with Crippen molar-refractivity contribution in [2.24, 2.45) is 0 Å². The number of ether oxygens (including phenoxy) is 1. The molecule has 1 atom stereocenters. The number of aliphatic hydroxyl groups is 1. The van der Waals surface area contributed by atoms with Gasteiger partial charge in [0.2, 0.25) is 5.91 Å². The summed E-state index contributed by atoms with van der Waals surface area (Å²) in [4.78, 5) is 19.4. The van der Waals surface area contributed by atoms with E-state index in [4.69, 9.17) is 4.74 Å². The van der Waals surface area contributed by atoms with Gasteiger partial charge in [-0.1, -0.05) is 6.07 Å². The van der Waals surface area contributed by atoms with E-state index in [-0.39, 0.29) is 30.9 Å². The molecule has 1 fully saturated rings. The number of hydrogen-bond donors (Lipinski definition) is 3. The molecular weight excluding hydrogens is 435 g/mol. The first-order valence-corrected chi connectivity index (χ1v) is 11.6. The van der Waals surface area contributed by atoms with Gasteiger partial charge in [0.15, 0.2) is 0 Å². The van der Waals surface area contributed by atoms with Crippen LogP contribution in [0.4, 0.5) is 10.1 Å². The normalized spacial score (nSPS) is 15.4. The fraction of sp³-hybridized carbons (Fsp3) is 0.385. The molecule has 34 heavy (non-hydrogen) atoms. The number of hydrogen-bond acceptors (Lipinski definition) is 6. The number of nitrogens with zero attached hydrogens (tertiary/aromatic N) is 2. The second-order valence-electron chi connectivity index (χ2n) is 8.67. The van der Waals surface area contributed by atoms with Crippen molar-refractivity contribution in [3.05, 3.63) is 65.6 Å². The predicted molar refractivity (Wildman–Crippen MR) is 130 cm³/mol. The van der Waals surface area contributed by atoms with Gasteiger partial charge in [-0.05, 0) is 74.8 Å². The van der Waals surface area contributed by atoms with Crippen LogP contribution in [0, 0.1) is 12.7 Å². The fourth-order valence-corrected chi connectivity index (χ4v) is 4.52. The van der Waals surface area contributed by atoms with E-state index in [2.05, 4.69) is 15.6 Å². The number of carbonyl (C=O) groups is 1. The molecule has 2 aromatic carbocycles. The van der Waals surface area contributed by atoms with Gasteiger partial charge in [-0.25, -0.2) is 4.39 Å². The lowest BCUT2D eigenvalue weighted by Gasteiger charge is -2.35. The summed E-state index contributed by atoms with van der Waals surface area (Å²) in [6.07, 6.45) is 2.62. The van der Waals surface area contributed by atoms with Gasteiger partial charge in [-0.15, -0.1) is 0 Å². The van der Waals surface area contributed by atoms with Crippen LogP contribution in [0.2, 0.25) is 0 Å². The topological polar surface area (TPSA) is 86.7 Å². The van der Waals surface area contributed by atoms with Crippen molar-refractivity contribution >= 4 is 22.5 Å². The molecule has 0 saturated carbocycles. The van der Waals surface area contributed by atoms with Crippen LogP contribution in [-0.2, 0) is 4.79 Å². The maximum absolute atomic E-state index is 13.9. The number of aliphatic hydroxyl groups excluding tert-OH is 1. The molecule has 0 unspecified atom stereocenters. The van der Waals surface area contributed by atoms with Crippen LogP contribution in [0.1, 0.15) is 30.1 Å². The molecule has 2 heterocycles. The lowest BCUT2D eigenvalue weighted by molar-refractivity contribution is -0.118. The summed E-state index contributed by atoms with van der Waals surface area (Å²) >= 11 is 0. The van der Waals surface area contributed by atoms with Crippen molar-refractivity contribution in [1.82, 2.24) is 15.2 Å². The Kier molecular flexibility index (Phi) is 7.72. The molecule has 1 aliphatic heterocycles. The Balaban J connectivity index is 1.55. The quantitative estimate of drug-likeness (QED) is 0.472. The zero-order chi connectivity index (χ0) is 24.1. The van der Waals surface area contributed by atoms with Gasteiger partial charge < -0.3 is 20.5 Å². The summed E-state index contributed by atoms with van der Waals surface area (Å²) in [7, 11) is 1.60. The van der Waals surface area contributed by atoms with Crippen LogP contribution in [0.5, 0.6) is 5.75 Å². The van der Waals surface area contributed by atoms with Gasteiger partial charge in [0.1, 0.15) is 11.6 Å². The molecule has 3 N–H and O–H groups in total. The van der Waals surface area contributed by atoms with E-state index >= 15 is 0 Å².